The van der Waals surface area contributed by atoms with Crippen LogP contribution in [0.2, 0.25) is 0 Å². The van der Waals surface area contributed by atoms with Crippen LogP contribution < -0.4 is 10.6 Å². The summed E-state index contributed by atoms with van der Waals surface area (Å²) in [6.07, 6.45) is 4.96. The van der Waals surface area contributed by atoms with E-state index >= 15 is 0 Å². The molecule has 0 aliphatic carbocycles. The van der Waals surface area contributed by atoms with Gasteiger partial charge in [0, 0.05) is 31.0 Å². The monoisotopic (exact) mass is 256 g/mol. The van der Waals surface area contributed by atoms with Crippen LogP contribution in [0.15, 0.2) is 36.7 Å². The van der Waals surface area contributed by atoms with Gasteiger partial charge in [-0.3, -0.25) is 4.68 Å². The maximum Gasteiger partial charge on any atom is 0.0584 e. The Morgan fingerprint density at radius 3 is 2.95 bits per heavy atom. The van der Waals surface area contributed by atoms with Crippen LogP contribution in [0, 0.1) is 6.92 Å². The van der Waals surface area contributed by atoms with Gasteiger partial charge >= 0.3 is 0 Å². The van der Waals surface area contributed by atoms with E-state index in [1.165, 1.54) is 16.8 Å². The molecule has 3 rings (SSSR count). The van der Waals surface area contributed by atoms with E-state index in [0.29, 0.717) is 0 Å². The summed E-state index contributed by atoms with van der Waals surface area (Å²) in [5, 5.41) is 4.33. The van der Waals surface area contributed by atoms with E-state index in [-0.39, 0.29) is 6.04 Å². The third-order valence-corrected chi connectivity index (χ3v) is 3.63. The predicted octanol–water partition coefficient (Wildman–Crippen LogP) is 1.58. The van der Waals surface area contributed by atoms with Crippen LogP contribution in [0.5, 0.6) is 0 Å². The van der Waals surface area contributed by atoms with Crippen molar-refractivity contribution in [2.45, 2.75) is 25.9 Å². The standard InChI is InChI=1S/C15H20N4/c1-12-9-17-19(10-12)7-6-18-11-14(16)8-13-4-2-3-5-15(13)18/h2-5,9-10,14H,6-8,11,16H2,1H3. The molecule has 100 valence electrons. The molecule has 1 aliphatic rings. The fourth-order valence-electron chi connectivity index (χ4n) is 2.74. The molecule has 0 radical (unpaired) electrons. The molecular formula is C15H20N4. The Bertz CT molecular complexity index is 561. The van der Waals surface area contributed by atoms with Crippen molar-refractivity contribution < 1.29 is 0 Å². The van der Waals surface area contributed by atoms with Gasteiger partial charge in [0.2, 0.25) is 0 Å². The van der Waals surface area contributed by atoms with Crippen molar-refractivity contribution in [1.29, 1.82) is 0 Å². The number of hydrogen-bond acceptors (Lipinski definition) is 3. The summed E-state index contributed by atoms with van der Waals surface area (Å²) in [5.41, 5.74) is 10.0. The normalized spacial score (nSPS) is 18.4. The number of rotatable bonds is 3. The van der Waals surface area contributed by atoms with Crippen molar-refractivity contribution in [1.82, 2.24) is 9.78 Å². The molecule has 1 aromatic carbocycles. The van der Waals surface area contributed by atoms with Gasteiger partial charge in [0.1, 0.15) is 0 Å². The fourth-order valence-corrected chi connectivity index (χ4v) is 2.74. The van der Waals surface area contributed by atoms with E-state index in [1.807, 2.05) is 10.9 Å². The lowest BCUT2D eigenvalue weighted by atomic mass is 9.98. The first-order chi connectivity index (χ1) is 9.22. The van der Waals surface area contributed by atoms with E-state index in [2.05, 4.69) is 47.4 Å². The van der Waals surface area contributed by atoms with Gasteiger partial charge in [-0.1, -0.05) is 18.2 Å². The Kier molecular flexibility index (Phi) is 3.25. The average molecular weight is 256 g/mol. The van der Waals surface area contributed by atoms with Crippen molar-refractivity contribution in [2.24, 2.45) is 5.73 Å². The van der Waals surface area contributed by atoms with E-state index < -0.39 is 0 Å². The zero-order chi connectivity index (χ0) is 13.2. The minimum absolute atomic E-state index is 0.231. The molecule has 4 nitrogen and oxygen atoms in total. The van der Waals surface area contributed by atoms with Gasteiger partial charge in [-0.2, -0.15) is 5.10 Å². The number of aryl methyl sites for hydroxylation is 1. The second-order valence-electron chi connectivity index (χ2n) is 5.32. The summed E-state index contributed by atoms with van der Waals surface area (Å²) >= 11 is 0. The first-order valence-electron chi connectivity index (χ1n) is 6.80. The minimum Gasteiger partial charge on any atom is -0.368 e. The number of benzene rings is 1. The summed E-state index contributed by atoms with van der Waals surface area (Å²) in [7, 11) is 0. The van der Waals surface area contributed by atoms with Crippen LogP contribution in [0.1, 0.15) is 11.1 Å². The van der Waals surface area contributed by atoms with Crippen molar-refractivity contribution in [3.8, 4) is 0 Å². The highest BCUT2D eigenvalue weighted by Crippen LogP contribution is 2.25. The topological polar surface area (TPSA) is 47.1 Å². The quantitative estimate of drug-likeness (QED) is 0.907. The molecule has 0 saturated carbocycles. The Morgan fingerprint density at radius 1 is 1.32 bits per heavy atom. The zero-order valence-electron chi connectivity index (χ0n) is 11.3. The maximum absolute atomic E-state index is 6.15. The summed E-state index contributed by atoms with van der Waals surface area (Å²) in [6.45, 7) is 4.84. The Labute approximate surface area is 113 Å². The number of fused-ring (bicyclic) bond motifs is 1. The van der Waals surface area contributed by atoms with Crippen molar-refractivity contribution >= 4 is 5.69 Å². The summed E-state index contributed by atoms with van der Waals surface area (Å²) in [6, 6.07) is 8.79. The molecular weight excluding hydrogens is 236 g/mol. The van der Waals surface area contributed by atoms with Crippen LogP contribution >= 0.6 is 0 Å². The summed E-state index contributed by atoms with van der Waals surface area (Å²) in [5.74, 6) is 0. The molecule has 1 aliphatic heterocycles. The third-order valence-electron chi connectivity index (χ3n) is 3.63. The van der Waals surface area contributed by atoms with Gasteiger partial charge in [-0.25, -0.2) is 0 Å². The second-order valence-corrected chi connectivity index (χ2v) is 5.32. The lowest BCUT2D eigenvalue weighted by Crippen LogP contribution is -2.44. The van der Waals surface area contributed by atoms with Crippen LogP contribution in [0.25, 0.3) is 0 Å². The van der Waals surface area contributed by atoms with Crippen molar-refractivity contribution in [2.75, 3.05) is 18.0 Å². The molecule has 1 atom stereocenters. The largest absolute Gasteiger partial charge is 0.368 e. The first kappa shape index (κ1) is 12.2. The fraction of sp³-hybridized carbons (Fsp3) is 0.400. The summed E-state index contributed by atoms with van der Waals surface area (Å²) in [4.78, 5) is 2.38. The number of para-hydroxylation sites is 1. The summed E-state index contributed by atoms with van der Waals surface area (Å²) < 4.78 is 2.00. The van der Waals surface area contributed by atoms with Crippen LogP contribution in [0.4, 0.5) is 5.69 Å². The molecule has 1 unspecified atom stereocenters. The Balaban J connectivity index is 1.74. The number of hydrogen-bond donors (Lipinski definition) is 1. The van der Waals surface area contributed by atoms with Crippen molar-refractivity contribution in [3.63, 3.8) is 0 Å². The SMILES string of the molecule is Cc1cnn(CCN2CC(N)Cc3ccccc32)c1. The molecule has 2 heterocycles. The van der Waals surface area contributed by atoms with Crippen LogP contribution in [-0.4, -0.2) is 28.9 Å². The van der Waals surface area contributed by atoms with Gasteiger partial charge in [0.25, 0.3) is 0 Å². The molecule has 4 heteroatoms. The molecule has 0 fully saturated rings. The predicted molar refractivity (Wildman–Crippen MR) is 77.3 cm³/mol. The van der Waals surface area contributed by atoms with Crippen molar-refractivity contribution in [3.05, 3.63) is 47.8 Å². The lowest BCUT2D eigenvalue weighted by molar-refractivity contribution is 0.548. The van der Waals surface area contributed by atoms with Gasteiger partial charge in [0.15, 0.2) is 0 Å². The smallest absolute Gasteiger partial charge is 0.0584 e. The van der Waals surface area contributed by atoms with Gasteiger partial charge in [-0.15, -0.1) is 0 Å². The minimum atomic E-state index is 0.231. The van der Waals surface area contributed by atoms with E-state index in [4.69, 9.17) is 5.73 Å². The molecule has 2 N–H and O–H groups in total. The molecule has 0 amide bonds. The number of nitrogens with two attached hydrogens (primary N) is 1. The molecule has 0 saturated heterocycles. The number of nitrogens with zero attached hydrogens (tertiary/aromatic N) is 3. The molecule has 0 bridgehead atoms. The Morgan fingerprint density at radius 2 is 2.16 bits per heavy atom. The lowest BCUT2D eigenvalue weighted by Gasteiger charge is -2.34. The first-order valence-corrected chi connectivity index (χ1v) is 6.80. The van der Waals surface area contributed by atoms with E-state index in [0.717, 1.165) is 26.1 Å². The van der Waals surface area contributed by atoms with E-state index in [9.17, 15) is 0 Å². The van der Waals surface area contributed by atoms with Gasteiger partial charge < -0.3 is 10.6 Å². The number of anilines is 1. The molecule has 1 aromatic heterocycles. The molecule has 19 heavy (non-hydrogen) atoms. The maximum atomic E-state index is 6.15. The van der Waals surface area contributed by atoms with Gasteiger partial charge in [-0.05, 0) is 30.5 Å². The van der Waals surface area contributed by atoms with Crippen LogP contribution in [0.3, 0.4) is 0 Å². The highest BCUT2D eigenvalue weighted by atomic mass is 15.3. The average Bonchev–Trinajstić information content (AvgIpc) is 2.81. The second kappa shape index (κ2) is 5.05. The zero-order valence-corrected chi connectivity index (χ0v) is 11.3. The molecule has 2 aromatic rings. The van der Waals surface area contributed by atoms with Crippen LogP contribution in [-0.2, 0) is 13.0 Å². The Hall–Kier alpha value is -1.81. The van der Waals surface area contributed by atoms with Gasteiger partial charge in [0.05, 0.1) is 12.7 Å². The highest BCUT2D eigenvalue weighted by Gasteiger charge is 2.21. The van der Waals surface area contributed by atoms with E-state index in [1.54, 1.807) is 0 Å². The third kappa shape index (κ3) is 2.63. The molecule has 0 spiro atoms. The number of aromatic nitrogens is 2. The highest BCUT2D eigenvalue weighted by molar-refractivity contribution is 5.56.